The van der Waals surface area contributed by atoms with Gasteiger partial charge in [-0.3, -0.25) is 9.69 Å². The molecule has 0 radical (unpaired) electrons. The number of hydrogen-bond donors (Lipinski definition) is 4. The third-order valence-electron chi connectivity index (χ3n) is 12.6. The van der Waals surface area contributed by atoms with Crippen molar-refractivity contribution in [1.29, 1.82) is 0 Å². The SMILES string of the molecule is CO[NH+](C)c1cc(S(=O)(=O)NC(=O)c2ccc(N3CCN(CC4Cc5ccc(F)cc5C=[N+]4C(=O)C4CC4)CC3)cc2Oc2cnc3[nH]ccc3c2)ccc1NCC1CCOCC1. The Labute approximate surface area is 365 Å². The molecule has 330 valence electrons. The average molecular weight is 881 g/mol. The molecule has 2 aromatic heterocycles. The Kier molecular flexibility index (Phi) is 12.3. The van der Waals surface area contributed by atoms with Crippen LogP contribution in [-0.4, -0.2) is 119 Å². The number of nitrogens with zero attached hydrogens (tertiary/aromatic N) is 4. The Bertz CT molecular complexity index is 2660. The quantitative estimate of drug-likeness (QED) is 0.0932. The van der Waals surface area contributed by atoms with E-state index in [1.54, 1.807) is 49.8 Å². The number of hydroxylamine groups is 1. The molecule has 0 spiro atoms. The number of nitrogens with one attached hydrogen (secondary N) is 4. The fourth-order valence-electron chi connectivity index (χ4n) is 8.67. The Morgan fingerprint density at radius 3 is 2.59 bits per heavy atom. The molecule has 4 aliphatic rings. The van der Waals surface area contributed by atoms with Gasteiger partial charge in [0, 0.05) is 87.3 Å². The van der Waals surface area contributed by atoms with Crippen LogP contribution < -0.4 is 24.7 Å². The van der Waals surface area contributed by atoms with E-state index in [1.807, 2.05) is 22.9 Å². The van der Waals surface area contributed by atoms with Gasteiger partial charge in [-0.1, -0.05) is 6.07 Å². The molecule has 0 bridgehead atoms. The summed E-state index contributed by atoms with van der Waals surface area (Å²) < 4.78 is 57.9. The molecule has 15 nitrogen and oxygen atoms in total. The maximum absolute atomic E-state index is 14.1. The van der Waals surface area contributed by atoms with Crippen LogP contribution in [0.25, 0.3) is 11.0 Å². The normalized spacial score (nSPS) is 19.0. The van der Waals surface area contributed by atoms with Crippen molar-refractivity contribution in [3.05, 3.63) is 102 Å². The highest BCUT2D eigenvalue weighted by atomic mass is 32.2. The highest BCUT2D eigenvalue weighted by Crippen LogP contribution is 2.34. The van der Waals surface area contributed by atoms with Gasteiger partial charge in [0.05, 0.1) is 41.9 Å². The number of aromatic amines is 1. The summed E-state index contributed by atoms with van der Waals surface area (Å²) in [5, 5.41) is 4.79. The zero-order valence-corrected chi connectivity index (χ0v) is 36.3. The molecule has 1 saturated carbocycles. The molecule has 2 atom stereocenters. The van der Waals surface area contributed by atoms with Crippen LogP contribution in [0.3, 0.4) is 0 Å². The maximum atomic E-state index is 14.1. The van der Waals surface area contributed by atoms with Crippen LogP contribution in [0, 0.1) is 17.7 Å². The van der Waals surface area contributed by atoms with Gasteiger partial charge in [0.15, 0.2) is 17.9 Å². The summed E-state index contributed by atoms with van der Waals surface area (Å²) in [4.78, 5) is 44.9. The van der Waals surface area contributed by atoms with Gasteiger partial charge in [-0.2, -0.15) is 9.64 Å². The van der Waals surface area contributed by atoms with Gasteiger partial charge in [0.2, 0.25) is 0 Å². The lowest BCUT2D eigenvalue weighted by molar-refractivity contribution is -1.02. The number of carbonyl (C=O) groups is 2. The fourth-order valence-corrected chi connectivity index (χ4v) is 9.66. The highest BCUT2D eigenvalue weighted by Gasteiger charge is 2.43. The molecule has 2 amide bonds. The summed E-state index contributed by atoms with van der Waals surface area (Å²) in [6.07, 6.45) is 9.47. The summed E-state index contributed by atoms with van der Waals surface area (Å²) in [6.45, 7) is 5.57. The first kappa shape index (κ1) is 42.6. The number of hydrogen-bond acceptors (Lipinski definition) is 11. The fraction of sp³-hybridized carbons (Fsp3) is 0.391. The minimum absolute atomic E-state index is 0.0267. The number of ether oxygens (including phenoxy) is 2. The molecular formula is C46H53FN8O7S+2. The molecule has 63 heavy (non-hydrogen) atoms. The number of amides is 2. The van der Waals surface area contributed by atoms with Crippen LogP contribution in [0.2, 0.25) is 0 Å². The number of pyridine rings is 1. The molecular weight excluding hydrogens is 828 g/mol. The van der Waals surface area contributed by atoms with Crippen LogP contribution in [0.5, 0.6) is 11.5 Å². The molecule has 2 saturated heterocycles. The minimum Gasteiger partial charge on any atom is -0.455 e. The number of piperazine rings is 1. The largest absolute Gasteiger partial charge is 0.455 e. The number of H-pyrrole nitrogens is 1. The monoisotopic (exact) mass is 880 g/mol. The van der Waals surface area contributed by atoms with Gasteiger partial charge in [-0.15, -0.1) is 0 Å². The number of fused-ring (bicyclic) bond motifs is 2. The number of sulfonamides is 1. The summed E-state index contributed by atoms with van der Waals surface area (Å²) in [5.74, 6) is -0.0501. The van der Waals surface area contributed by atoms with Crippen molar-refractivity contribution < 1.29 is 46.3 Å². The summed E-state index contributed by atoms with van der Waals surface area (Å²) in [7, 11) is -1.06. The second-order valence-electron chi connectivity index (χ2n) is 16.8. The summed E-state index contributed by atoms with van der Waals surface area (Å²) >= 11 is 0. The van der Waals surface area contributed by atoms with Gasteiger partial charge in [-0.05, 0) is 85.7 Å². The second-order valence-corrected chi connectivity index (χ2v) is 18.5. The van der Waals surface area contributed by atoms with Crippen molar-refractivity contribution in [3.63, 3.8) is 0 Å². The van der Waals surface area contributed by atoms with Crippen LogP contribution in [0.4, 0.5) is 21.5 Å². The molecule has 17 heteroatoms. The van der Waals surface area contributed by atoms with E-state index < -0.39 is 15.9 Å². The van der Waals surface area contributed by atoms with Crippen LogP contribution >= 0.6 is 0 Å². The average Bonchev–Trinajstić information content (AvgIpc) is 4.05. The number of carbonyl (C=O) groups excluding carboxylic acids is 2. The molecule has 5 aromatic rings. The van der Waals surface area contributed by atoms with E-state index in [0.29, 0.717) is 60.7 Å². The first-order valence-electron chi connectivity index (χ1n) is 21.6. The number of quaternary nitrogens is 1. The lowest BCUT2D eigenvalue weighted by Crippen LogP contribution is -3.02. The third kappa shape index (κ3) is 9.62. The van der Waals surface area contributed by atoms with Crippen LogP contribution in [0.15, 0.2) is 84.0 Å². The van der Waals surface area contributed by atoms with Gasteiger partial charge >= 0.3 is 5.91 Å². The van der Waals surface area contributed by atoms with Crippen LogP contribution in [0.1, 0.15) is 47.2 Å². The first-order valence-corrected chi connectivity index (χ1v) is 23.1. The standard InChI is InChI=1S/C46H51FN8O7S/c1-52(60-2)42-25-39(8-10-41(42)49-26-30-12-19-61-20-13-30)63(58,59)51-45(56)40-9-7-36(24-43(40)62-38-23-33-11-14-48-44(33)50-27-38)54-17-15-53(16-18-54)29-37-22-32-5-6-35(47)21-34(32)28-55(37)46(57)31-3-4-31/h5-11,14,21,23-25,27-28,30-31,37,49H,3-4,12-13,15-20,22,26,29H2,1-2H3,(H-,48,50,51,56)/p+2. The van der Waals surface area contributed by atoms with Crippen molar-refractivity contribution in [2.45, 2.75) is 43.0 Å². The molecule has 3 aromatic carbocycles. The number of benzene rings is 3. The van der Waals surface area contributed by atoms with E-state index in [1.165, 1.54) is 31.4 Å². The zero-order valence-electron chi connectivity index (χ0n) is 35.4. The lowest BCUT2D eigenvalue weighted by atomic mass is 9.95. The number of anilines is 2. The predicted octanol–water partition coefficient (Wildman–Crippen LogP) is 4.27. The summed E-state index contributed by atoms with van der Waals surface area (Å²) in [6, 6.07) is 18.2. The maximum Gasteiger partial charge on any atom is 0.390 e. The number of halogens is 1. The van der Waals surface area contributed by atoms with E-state index in [9.17, 15) is 22.4 Å². The number of aromatic nitrogens is 2. The minimum atomic E-state index is -4.36. The van der Waals surface area contributed by atoms with E-state index in [0.717, 1.165) is 79.9 Å². The van der Waals surface area contributed by atoms with Gasteiger partial charge in [0.25, 0.3) is 15.9 Å². The van der Waals surface area contributed by atoms with E-state index >= 15 is 0 Å². The van der Waals surface area contributed by atoms with Gasteiger partial charge in [0.1, 0.15) is 30.0 Å². The molecule has 9 rings (SSSR count). The third-order valence-corrected chi connectivity index (χ3v) is 13.9. The van der Waals surface area contributed by atoms with E-state index in [2.05, 4.69) is 29.8 Å². The van der Waals surface area contributed by atoms with Gasteiger partial charge < -0.3 is 24.7 Å². The zero-order chi connectivity index (χ0) is 43.7. The molecule has 4 N–H and O–H groups in total. The Hall–Kier alpha value is -5.72. The Morgan fingerprint density at radius 1 is 1.00 bits per heavy atom. The molecule has 1 aliphatic carbocycles. The van der Waals surface area contributed by atoms with Crippen molar-refractivity contribution in [3.8, 4) is 11.5 Å². The van der Waals surface area contributed by atoms with Crippen molar-refractivity contribution >= 4 is 56.1 Å². The molecule has 5 heterocycles. The van der Waals surface area contributed by atoms with E-state index in [-0.39, 0.29) is 39.9 Å². The lowest BCUT2D eigenvalue weighted by Gasteiger charge is -2.37. The Morgan fingerprint density at radius 2 is 1.81 bits per heavy atom. The highest BCUT2D eigenvalue weighted by molar-refractivity contribution is 7.90. The first-order chi connectivity index (χ1) is 30.5. The molecule has 2 unspecified atom stereocenters. The van der Waals surface area contributed by atoms with Gasteiger partial charge in [-0.25, -0.2) is 32.1 Å². The smallest absolute Gasteiger partial charge is 0.390 e. The van der Waals surface area contributed by atoms with Crippen LogP contribution in [-0.2, 0) is 30.8 Å². The predicted molar refractivity (Wildman–Crippen MR) is 235 cm³/mol. The van der Waals surface area contributed by atoms with Crippen molar-refractivity contribution in [2.24, 2.45) is 11.8 Å². The molecule has 3 fully saturated rings. The van der Waals surface area contributed by atoms with Crippen molar-refractivity contribution in [2.75, 3.05) is 76.9 Å². The van der Waals surface area contributed by atoms with E-state index in [4.69, 9.17) is 14.3 Å². The second kappa shape index (κ2) is 18.2. The topological polar surface area (TPSA) is 163 Å². The summed E-state index contributed by atoms with van der Waals surface area (Å²) in [5.41, 5.74) is 4.59. The Balaban J connectivity index is 0.923. The molecule has 3 aliphatic heterocycles. The van der Waals surface area contributed by atoms with Crippen molar-refractivity contribution in [1.82, 2.24) is 19.6 Å². The number of rotatable bonds is 14.